The molecule has 18 heavy (non-hydrogen) atoms. The van der Waals surface area contributed by atoms with E-state index in [1.165, 1.54) is 12.1 Å². The van der Waals surface area contributed by atoms with Gasteiger partial charge in [0.25, 0.3) is 0 Å². The Kier molecular flexibility index (Phi) is 5.15. The largest absolute Gasteiger partial charge is 0.299 e. The van der Waals surface area contributed by atoms with Gasteiger partial charge in [0, 0.05) is 24.0 Å². The highest BCUT2D eigenvalue weighted by Gasteiger charge is 2.24. The van der Waals surface area contributed by atoms with Gasteiger partial charge in [-0.1, -0.05) is 15.9 Å². The fraction of sp³-hybridized carbons (Fsp3) is 0.538. The van der Waals surface area contributed by atoms with E-state index in [9.17, 15) is 8.78 Å². The van der Waals surface area contributed by atoms with E-state index in [0.29, 0.717) is 16.9 Å². The molecule has 1 aliphatic heterocycles. The second-order valence-corrected chi connectivity index (χ2v) is 6.34. The molecule has 1 atom stereocenters. The summed E-state index contributed by atoms with van der Waals surface area (Å²) >= 11 is 6.53. The fourth-order valence-corrected chi connectivity index (χ4v) is 3.40. The Morgan fingerprint density at radius 2 is 2.11 bits per heavy atom. The van der Waals surface area contributed by atoms with E-state index >= 15 is 0 Å². The minimum Gasteiger partial charge on any atom is -0.299 e. The summed E-state index contributed by atoms with van der Waals surface area (Å²) in [6, 6.07) is 2.72. The van der Waals surface area contributed by atoms with Crippen LogP contribution in [-0.2, 0) is 6.54 Å². The van der Waals surface area contributed by atoms with Gasteiger partial charge in [-0.3, -0.25) is 4.90 Å². The van der Waals surface area contributed by atoms with Crippen LogP contribution in [0.3, 0.4) is 0 Å². The Balaban J connectivity index is 2.04. The molecule has 0 saturated carbocycles. The molecule has 0 bridgehead atoms. The van der Waals surface area contributed by atoms with Gasteiger partial charge in [0.1, 0.15) is 11.6 Å². The third-order valence-electron chi connectivity index (χ3n) is 3.41. The molecule has 0 spiro atoms. The molecule has 1 aromatic rings. The lowest BCUT2D eigenvalue weighted by Gasteiger charge is -2.17. The number of benzene rings is 1. The van der Waals surface area contributed by atoms with Crippen LogP contribution in [0.1, 0.15) is 18.4 Å². The Morgan fingerprint density at radius 1 is 1.33 bits per heavy atom. The van der Waals surface area contributed by atoms with Crippen molar-refractivity contribution in [3.63, 3.8) is 0 Å². The van der Waals surface area contributed by atoms with E-state index in [1.807, 2.05) is 0 Å². The number of rotatable bonds is 4. The lowest BCUT2D eigenvalue weighted by molar-refractivity contribution is 0.304. The first kappa shape index (κ1) is 14.4. The topological polar surface area (TPSA) is 3.24 Å². The van der Waals surface area contributed by atoms with Gasteiger partial charge in [0.05, 0.1) is 4.47 Å². The highest BCUT2D eigenvalue weighted by molar-refractivity contribution is 9.10. The number of hydrogen-bond acceptors (Lipinski definition) is 1. The molecule has 1 saturated heterocycles. The molecule has 0 aromatic heterocycles. The Hall–Kier alpha value is -0.000000000000000111. The fourth-order valence-electron chi connectivity index (χ4n) is 2.38. The summed E-state index contributed by atoms with van der Waals surface area (Å²) in [4.78, 5) is 2.13. The molecule has 1 fully saturated rings. The van der Waals surface area contributed by atoms with Gasteiger partial charge >= 0.3 is 0 Å². The third kappa shape index (κ3) is 3.31. The summed E-state index contributed by atoms with van der Waals surface area (Å²) < 4.78 is 27.8. The maximum absolute atomic E-state index is 13.8. The maximum Gasteiger partial charge on any atom is 0.144 e. The number of likely N-dealkylation sites (tertiary alicyclic amines) is 1. The van der Waals surface area contributed by atoms with Crippen molar-refractivity contribution in [2.45, 2.75) is 19.4 Å². The Bertz CT molecular complexity index is 426. The molecule has 1 nitrogen and oxygen atoms in total. The lowest BCUT2D eigenvalue weighted by Crippen LogP contribution is -2.21. The van der Waals surface area contributed by atoms with Crippen LogP contribution in [-0.4, -0.2) is 23.3 Å². The van der Waals surface area contributed by atoms with Crippen molar-refractivity contribution in [3.05, 3.63) is 33.8 Å². The quantitative estimate of drug-likeness (QED) is 0.553. The van der Waals surface area contributed by atoms with Gasteiger partial charge in [-0.15, -0.1) is 0 Å². The van der Waals surface area contributed by atoms with Gasteiger partial charge in [-0.25, -0.2) is 8.78 Å². The molecular formula is C13H15Br2F2N. The normalized spacial score (nSPS) is 20.6. The molecule has 1 unspecified atom stereocenters. The first-order valence-electron chi connectivity index (χ1n) is 6.02. The van der Waals surface area contributed by atoms with Crippen LogP contribution >= 0.6 is 31.9 Å². The molecule has 0 amide bonds. The van der Waals surface area contributed by atoms with E-state index in [0.717, 1.165) is 31.3 Å². The van der Waals surface area contributed by atoms with Gasteiger partial charge in [0.2, 0.25) is 0 Å². The highest BCUT2D eigenvalue weighted by Crippen LogP contribution is 2.26. The predicted molar refractivity (Wildman–Crippen MR) is 75.9 cm³/mol. The zero-order valence-corrected chi connectivity index (χ0v) is 13.1. The first-order chi connectivity index (χ1) is 8.61. The van der Waals surface area contributed by atoms with E-state index < -0.39 is 11.6 Å². The van der Waals surface area contributed by atoms with Crippen LogP contribution in [0, 0.1) is 17.6 Å². The van der Waals surface area contributed by atoms with Crippen molar-refractivity contribution in [1.29, 1.82) is 0 Å². The molecule has 1 aliphatic rings. The minimum atomic E-state index is -0.473. The van der Waals surface area contributed by atoms with E-state index in [1.54, 1.807) is 0 Å². The first-order valence-corrected chi connectivity index (χ1v) is 7.94. The summed E-state index contributed by atoms with van der Waals surface area (Å²) in [5, 5.41) is 0.991. The van der Waals surface area contributed by atoms with Gasteiger partial charge in [-0.2, -0.15) is 0 Å². The van der Waals surface area contributed by atoms with Gasteiger partial charge in [0.15, 0.2) is 0 Å². The van der Waals surface area contributed by atoms with Crippen molar-refractivity contribution >= 4 is 31.9 Å². The smallest absolute Gasteiger partial charge is 0.144 e. The predicted octanol–water partition coefficient (Wildman–Crippen LogP) is 4.33. The van der Waals surface area contributed by atoms with Gasteiger partial charge < -0.3 is 0 Å². The zero-order valence-electron chi connectivity index (χ0n) is 9.93. The number of alkyl halides is 1. The monoisotopic (exact) mass is 381 g/mol. The van der Waals surface area contributed by atoms with Crippen molar-refractivity contribution in [3.8, 4) is 0 Å². The average molecular weight is 383 g/mol. The van der Waals surface area contributed by atoms with Crippen LogP contribution in [0.5, 0.6) is 0 Å². The van der Waals surface area contributed by atoms with Crippen LogP contribution < -0.4 is 0 Å². The van der Waals surface area contributed by atoms with Gasteiger partial charge in [-0.05, 0) is 53.4 Å². The minimum absolute atomic E-state index is 0.170. The molecule has 5 heteroatoms. The second kappa shape index (κ2) is 6.44. The molecule has 0 aliphatic carbocycles. The summed E-state index contributed by atoms with van der Waals surface area (Å²) in [7, 11) is 0. The summed E-state index contributed by atoms with van der Waals surface area (Å²) in [6.07, 6.45) is 2.24. The zero-order chi connectivity index (χ0) is 13.1. The average Bonchev–Trinajstić information content (AvgIpc) is 2.78. The number of nitrogens with zero attached hydrogens (tertiary/aromatic N) is 1. The van der Waals surface area contributed by atoms with E-state index in [2.05, 4.69) is 36.8 Å². The molecular weight excluding hydrogens is 368 g/mol. The number of hydrogen-bond donors (Lipinski definition) is 0. The Morgan fingerprint density at radius 3 is 2.83 bits per heavy atom. The Labute approximate surface area is 123 Å². The molecule has 2 rings (SSSR count). The summed E-state index contributed by atoms with van der Waals surface area (Å²) in [5.41, 5.74) is 0.170. The SMILES string of the molecule is Fc1ccc(Br)c(F)c1CN1CCC(CCBr)C1. The van der Waals surface area contributed by atoms with Crippen LogP contribution in [0.2, 0.25) is 0 Å². The van der Waals surface area contributed by atoms with Crippen LogP contribution in [0.15, 0.2) is 16.6 Å². The molecule has 0 N–H and O–H groups in total. The summed E-state index contributed by atoms with van der Waals surface area (Å²) in [5.74, 6) is -0.291. The van der Waals surface area contributed by atoms with Crippen molar-refractivity contribution in [2.75, 3.05) is 18.4 Å². The maximum atomic E-state index is 13.8. The van der Waals surface area contributed by atoms with Crippen molar-refractivity contribution in [1.82, 2.24) is 4.90 Å². The standard InChI is InChI=1S/C13H15Br2F2N/c14-5-3-9-4-6-18(7-9)8-10-12(16)2-1-11(15)13(10)17/h1-2,9H,3-8H2. The lowest BCUT2D eigenvalue weighted by atomic mass is 10.1. The summed E-state index contributed by atoms with van der Waals surface area (Å²) in [6.45, 7) is 2.20. The molecule has 0 radical (unpaired) electrons. The van der Waals surface area contributed by atoms with Crippen molar-refractivity contribution < 1.29 is 8.78 Å². The molecule has 1 aromatic carbocycles. The molecule has 100 valence electrons. The molecule has 1 heterocycles. The third-order valence-corrected chi connectivity index (χ3v) is 4.48. The number of halogens is 4. The van der Waals surface area contributed by atoms with E-state index in [4.69, 9.17) is 0 Å². The van der Waals surface area contributed by atoms with E-state index in [-0.39, 0.29) is 5.56 Å². The second-order valence-electron chi connectivity index (χ2n) is 4.69. The highest BCUT2D eigenvalue weighted by atomic mass is 79.9. The van der Waals surface area contributed by atoms with Crippen molar-refractivity contribution in [2.24, 2.45) is 5.92 Å². The van der Waals surface area contributed by atoms with Crippen LogP contribution in [0.25, 0.3) is 0 Å². The van der Waals surface area contributed by atoms with Crippen LogP contribution in [0.4, 0.5) is 8.78 Å².